The molecule has 5 heteroatoms. The lowest BCUT2D eigenvalue weighted by atomic mass is 9.96. The van der Waals surface area contributed by atoms with E-state index in [-0.39, 0.29) is 12.0 Å². The molecule has 2 aliphatic rings. The first-order chi connectivity index (χ1) is 9.66. The third-order valence-electron chi connectivity index (χ3n) is 4.04. The summed E-state index contributed by atoms with van der Waals surface area (Å²) in [5.41, 5.74) is 0. The lowest BCUT2D eigenvalue weighted by molar-refractivity contribution is -0.141. The molecule has 1 unspecified atom stereocenters. The van der Waals surface area contributed by atoms with Crippen LogP contribution in [0.15, 0.2) is 0 Å². The average Bonchev–Trinajstić information content (AvgIpc) is 2.47. The second-order valence-corrected chi connectivity index (χ2v) is 6.00. The van der Waals surface area contributed by atoms with E-state index in [2.05, 4.69) is 18.7 Å². The fourth-order valence-electron chi connectivity index (χ4n) is 2.92. The van der Waals surface area contributed by atoms with E-state index in [9.17, 15) is 4.79 Å². The minimum atomic E-state index is 0.167. The molecule has 2 aliphatic heterocycles. The molecule has 116 valence electrons. The van der Waals surface area contributed by atoms with Crippen LogP contribution >= 0.6 is 0 Å². The summed E-state index contributed by atoms with van der Waals surface area (Å²) in [7, 11) is 0. The van der Waals surface area contributed by atoms with Gasteiger partial charge in [0.1, 0.15) is 0 Å². The number of amides is 1. The summed E-state index contributed by atoms with van der Waals surface area (Å²) in [4.78, 5) is 16.8. The molecule has 5 nitrogen and oxygen atoms in total. The summed E-state index contributed by atoms with van der Waals surface area (Å²) in [5.74, 6) is 0.490. The van der Waals surface area contributed by atoms with Crippen molar-refractivity contribution >= 4 is 5.91 Å². The van der Waals surface area contributed by atoms with E-state index in [1.165, 1.54) is 0 Å². The Labute approximate surface area is 122 Å². The van der Waals surface area contributed by atoms with Crippen molar-refractivity contribution in [2.45, 2.75) is 32.8 Å². The van der Waals surface area contributed by atoms with Crippen molar-refractivity contribution in [3.63, 3.8) is 0 Å². The number of hydrogen-bond donors (Lipinski definition) is 0. The van der Waals surface area contributed by atoms with Gasteiger partial charge >= 0.3 is 0 Å². The molecular formula is C15H28N2O3. The van der Waals surface area contributed by atoms with Gasteiger partial charge in [0.2, 0.25) is 5.91 Å². The lowest BCUT2D eigenvalue weighted by Crippen LogP contribution is -2.48. The fraction of sp³-hybridized carbons (Fsp3) is 0.933. The summed E-state index contributed by atoms with van der Waals surface area (Å²) in [5, 5.41) is 0. The lowest BCUT2D eigenvalue weighted by Gasteiger charge is -2.36. The summed E-state index contributed by atoms with van der Waals surface area (Å²) in [6.45, 7) is 10.7. The quantitative estimate of drug-likeness (QED) is 0.755. The number of rotatable bonds is 5. The van der Waals surface area contributed by atoms with E-state index in [0.29, 0.717) is 19.1 Å². The summed E-state index contributed by atoms with van der Waals surface area (Å²) >= 11 is 0. The SMILES string of the molecule is CC(C)OCCN1CCCC(C(=O)N2CCOCC2)C1. The Kier molecular flexibility index (Phi) is 6.26. The van der Waals surface area contributed by atoms with Crippen LogP contribution in [0, 0.1) is 5.92 Å². The summed E-state index contributed by atoms with van der Waals surface area (Å²) in [6, 6.07) is 0. The molecule has 0 aliphatic carbocycles. The van der Waals surface area contributed by atoms with Crippen LogP contribution in [0.3, 0.4) is 0 Å². The first kappa shape index (κ1) is 15.7. The number of morpholine rings is 1. The molecule has 1 atom stereocenters. The highest BCUT2D eigenvalue weighted by atomic mass is 16.5. The fourth-order valence-corrected chi connectivity index (χ4v) is 2.92. The van der Waals surface area contributed by atoms with Crippen molar-refractivity contribution in [3.8, 4) is 0 Å². The number of piperidine rings is 1. The molecule has 0 bridgehead atoms. The highest BCUT2D eigenvalue weighted by Crippen LogP contribution is 2.19. The van der Waals surface area contributed by atoms with Gasteiger partial charge in [-0.3, -0.25) is 4.79 Å². The predicted molar refractivity (Wildman–Crippen MR) is 77.7 cm³/mol. The van der Waals surface area contributed by atoms with Crippen LogP contribution in [0.5, 0.6) is 0 Å². The normalized spacial score (nSPS) is 25.1. The third-order valence-corrected chi connectivity index (χ3v) is 4.04. The van der Waals surface area contributed by atoms with Crippen LogP contribution in [-0.2, 0) is 14.3 Å². The van der Waals surface area contributed by atoms with Gasteiger partial charge in [0.15, 0.2) is 0 Å². The van der Waals surface area contributed by atoms with E-state index in [1.807, 2.05) is 4.90 Å². The van der Waals surface area contributed by atoms with E-state index >= 15 is 0 Å². The maximum Gasteiger partial charge on any atom is 0.227 e. The molecular weight excluding hydrogens is 256 g/mol. The van der Waals surface area contributed by atoms with Crippen LogP contribution in [0.25, 0.3) is 0 Å². The van der Waals surface area contributed by atoms with Crippen molar-refractivity contribution in [3.05, 3.63) is 0 Å². The van der Waals surface area contributed by atoms with Crippen LogP contribution in [-0.4, -0.2) is 74.4 Å². The second kappa shape index (κ2) is 7.96. The molecule has 0 N–H and O–H groups in total. The van der Waals surface area contributed by atoms with Gasteiger partial charge in [-0.25, -0.2) is 0 Å². The molecule has 0 aromatic carbocycles. The second-order valence-electron chi connectivity index (χ2n) is 6.00. The first-order valence-corrected chi connectivity index (χ1v) is 7.87. The zero-order valence-corrected chi connectivity index (χ0v) is 12.8. The maximum atomic E-state index is 12.5. The zero-order valence-electron chi connectivity index (χ0n) is 12.8. The maximum absolute atomic E-state index is 12.5. The minimum Gasteiger partial charge on any atom is -0.378 e. The number of hydrogen-bond acceptors (Lipinski definition) is 4. The van der Waals surface area contributed by atoms with Crippen molar-refractivity contribution < 1.29 is 14.3 Å². The molecule has 2 heterocycles. The van der Waals surface area contributed by atoms with Crippen LogP contribution < -0.4 is 0 Å². The summed E-state index contributed by atoms with van der Waals surface area (Å²) in [6.07, 6.45) is 2.42. The van der Waals surface area contributed by atoms with Gasteiger partial charge in [-0.1, -0.05) is 0 Å². The van der Waals surface area contributed by atoms with Crippen molar-refractivity contribution in [2.24, 2.45) is 5.92 Å². The Morgan fingerprint density at radius 1 is 1.30 bits per heavy atom. The van der Waals surface area contributed by atoms with Gasteiger partial charge in [-0.15, -0.1) is 0 Å². The summed E-state index contributed by atoms with van der Waals surface area (Å²) < 4.78 is 10.9. The molecule has 2 fully saturated rings. The molecule has 20 heavy (non-hydrogen) atoms. The molecule has 1 amide bonds. The van der Waals surface area contributed by atoms with Gasteiger partial charge in [-0.05, 0) is 33.2 Å². The molecule has 0 aromatic rings. The van der Waals surface area contributed by atoms with Gasteiger partial charge in [0.05, 0.1) is 31.8 Å². The monoisotopic (exact) mass is 284 g/mol. The standard InChI is InChI=1S/C15H28N2O3/c1-13(2)20-11-6-16-5-3-4-14(12-16)15(18)17-7-9-19-10-8-17/h13-14H,3-12H2,1-2H3. The Hall–Kier alpha value is -0.650. The van der Waals surface area contributed by atoms with Gasteiger partial charge < -0.3 is 19.3 Å². The Morgan fingerprint density at radius 3 is 2.75 bits per heavy atom. The predicted octanol–water partition coefficient (Wildman–Crippen LogP) is 0.982. The Bertz CT molecular complexity index is 303. The topological polar surface area (TPSA) is 42.0 Å². The van der Waals surface area contributed by atoms with Crippen molar-refractivity contribution in [2.75, 3.05) is 52.5 Å². The molecule has 0 spiro atoms. The van der Waals surface area contributed by atoms with Crippen LogP contribution in [0.2, 0.25) is 0 Å². The van der Waals surface area contributed by atoms with Gasteiger partial charge in [-0.2, -0.15) is 0 Å². The number of carbonyl (C=O) groups excluding carboxylic acids is 1. The molecule has 2 rings (SSSR count). The zero-order chi connectivity index (χ0) is 14.4. The van der Waals surface area contributed by atoms with Crippen LogP contribution in [0.1, 0.15) is 26.7 Å². The number of carbonyl (C=O) groups is 1. The number of nitrogens with zero attached hydrogens (tertiary/aromatic N) is 2. The average molecular weight is 284 g/mol. The molecule has 0 aromatic heterocycles. The number of likely N-dealkylation sites (tertiary alicyclic amines) is 1. The highest BCUT2D eigenvalue weighted by molar-refractivity contribution is 5.79. The van der Waals surface area contributed by atoms with E-state index < -0.39 is 0 Å². The third kappa shape index (κ3) is 4.72. The largest absolute Gasteiger partial charge is 0.378 e. The number of ether oxygens (including phenoxy) is 2. The van der Waals surface area contributed by atoms with Crippen molar-refractivity contribution in [1.82, 2.24) is 9.80 Å². The van der Waals surface area contributed by atoms with Crippen molar-refractivity contribution in [1.29, 1.82) is 0 Å². The van der Waals surface area contributed by atoms with Crippen LogP contribution in [0.4, 0.5) is 0 Å². The molecule has 0 saturated carbocycles. The smallest absolute Gasteiger partial charge is 0.227 e. The van der Waals surface area contributed by atoms with E-state index in [1.54, 1.807) is 0 Å². The first-order valence-electron chi connectivity index (χ1n) is 7.87. The van der Waals surface area contributed by atoms with E-state index in [0.717, 1.165) is 52.2 Å². The minimum absolute atomic E-state index is 0.167. The Balaban J connectivity index is 1.75. The Morgan fingerprint density at radius 2 is 2.05 bits per heavy atom. The van der Waals surface area contributed by atoms with E-state index in [4.69, 9.17) is 9.47 Å². The molecule has 2 saturated heterocycles. The van der Waals surface area contributed by atoms with Gasteiger partial charge in [0.25, 0.3) is 0 Å². The highest BCUT2D eigenvalue weighted by Gasteiger charge is 2.29. The van der Waals surface area contributed by atoms with Gasteiger partial charge in [0, 0.05) is 26.2 Å². The molecule has 0 radical (unpaired) electrons.